The van der Waals surface area contributed by atoms with Crippen LogP contribution in [0, 0.1) is 0 Å². The summed E-state index contributed by atoms with van der Waals surface area (Å²) in [5, 5.41) is 11.2. The van der Waals surface area contributed by atoms with E-state index in [0.717, 1.165) is 22.8 Å². The van der Waals surface area contributed by atoms with Crippen molar-refractivity contribution in [2.24, 2.45) is 5.73 Å². The Morgan fingerprint density at radius 1 is 1.10 bits per heavy atom. The van der Waals surface area contributed by atoms with E-state index in [1.807, 2.05) is 30.3 Å². The summed E-state index contributed by atoms with van der Waals surface area (Å²) in [6.07, 6.45) is 0. The van der Waals surface area contributed by atoms with E-state index in [-0.39, 0.29) is 0 Å². The van der Waals surface area contributed by atoms with Crippen molar-refractivity contribution >= 4 is 5.82 Å². The molecule has 1 aromatic heterocycles. The van der Waals surface area contributed by atoms with Crippen LogP contribution in [0.25, 0.3) is 0 Å². The smallest absolute Gasteiger partial charge is 0.148 e. The summed E-state index contributed by atoms with van der Waals surface area (Å²) >= 11 is 0. The second kappa shape index (κ2) is 6.72. The van der Waals surface area contributed by atoms with E-state index in [1.165, 1.54) is 0 Å². The van der Waals surface area contributed by atoms with Gasteiger partial charge in [-0.25, -0.2) is 0 Å². The molecule has 0 saturated carbocycles. The van der Waals surface area contributed by atoms with Crippen molar-refractivity contribution in [3.8, 4) is 11.5 Å². The molecule has 0 fully saturated rings. The Morgan fingerprint density at radius 2 is 1.95 bits per heavy atom. The Labute approximate surface area is 117 Å². The van der Waals surface area contributed by atoms with Gasteiger partial charge in [-0.2, -0.15) is 5.10 Å². The number of nitrogens with two attached hydrogens (primary N) is 1. The van der Waals surface area contributed by atoms with Gasteiger partial charge in [0.2, 0.25) is 0 Å². The van der Waals surface area contributed by atoms with Crippen molar-refractivity contribution in [3.05, 3.63) is 41.6 Å². The van der Waals surface area contributed by atoms with E-state index in [4.69, 9.17) is 15.2 Å². The lowest BCUT2D eigenvalue weighted by Crippen LogP contribution is -2.06. The highest BCUT2D eigenvalue weighted by atomic mass is 16.5. The van der Waals surface area contributed by atoms with Crippen LogP contribution in [0.3, 0.4) is 0 Å². The summed E-state index contributed by atoms with van der Waals surface area (Å²) in [7, 11) is 3.26. The minimum Gasteiger partial charge on any atom is -0.497 e. The van der Waals surface area contributed by atoms with Gasteiger partial charge in [-0.1, -0.05) is 0 Å². The first kappa shape index (κ1) is 14.1. The minimum atomic E-state index is 0.388. The third-order valence-electron chi connectivity index (χ3n) is 2.88. The van der Waals surface area contributed by atoms with Crippen molar-refractivity contribution < 1.29 is 9.47 Å². The highest BCUT2D eigenvalue weighted by Crippen LogP contribution is 2.25. The van der Waals surface area contributed by atoms with Gasteiger partial charge < -0.3 is 20.5 Å². The van der Waals surface area contributed by atoms with Gasteiger partial charge in [0.15, 0.2) is 0 Å². The summed E-state index contributed by atoms with van der Waals surface area (Å²) in [6, 6.07) is 9.39. The molecule has 0 radical (unpaired) electrons. The van der Waals surface area contributed by atoms with Crippen LogP contribution in [-0.2, 0) is 13.1 Å². The fraction of sp³-hybridized carbons (Fsp3) is 0.286. The lowest BCUT2D eigenvalue weighted by atomic mass is 10.2. The Balaban J connectivity index is 2.05. The highest BCUT2D eigenvalue weighted by molar-refractivity contribution is 5.43. The third kappa shape index (κ3) is 3.36. The van der Waals surface area contributed by atoms with Crippen molar-refractivity contribution in [1.82, 2.24) is 10.2 Å². The average molecular weight is 274 g/mol. The Kier molecular flexibility index (Phi) is 4.73. The predicted molar refractivity (Wildman–Crippen MR) is 76.8 cm³/mol. The normalized spacial score (nSPS) is 10.2. The molecule has 6 heteroatoms. The zero-order valence-electron chi connectivity index (χ0n) is 11.6. The molecule has 0 aliphatic rings. The maximum Gasteiger partial charge on any atom is 0.148 e. The third-order valence-corrected chi connectivity index (χ3v) is 2.88. The fourth-order valence-corrected chi connectivity index (χ4v) is 1.75. The summed E-state index contributed by atoms with van der Waals surface area (Å²) in [5.41, 5.74) is 7.25. The van der Waals surface area contributed by atoms with Gasteiger partial charge in [0.25, 0.3) is 0 Å². The first-order valence-corrected chi connectivity index (χ1v) is 6.24. The molecular weight excluding hydrogens is 256 g/mol. The fourth-order valence-electron chi connectivity index (χ4n) is 1.75. The van der Waals surface area contributed by atoms with Crippen LogP contribution in [0.5, 0.6) is 11.5 Å². The molecule has 0 bridgehead atoms. The van der Waals surface area contributed by atoms with Crippen molar-refractivity contribution in [2.45, 2.75) is 13.1 Å². The Hall–Kier alpha value is -2.34. The molecule has 2 rings (SSSR count). The van der Waals surface area contributed by atoms with E-state index < -0.39 is 0 Å². The van der Waals surface area contributed by atoms with E-state index in [1.54, 1.807) is 14.2 Å². The van der Waals surface area contributed by atoms with Gasteiger partial charge in [0, 0.05) is 24.7 Å². The molecular formula is C14H18N4O2. The number of hydrogen-bond donors (Lipinski definition) is 2. The zero-order chi connectivity index (χ0) is 14.4. The van der Waals surface area contributed by atoms with Gasteiger partial charge in [-0.05, 0) is 24.3 Å². The molecule has 3 N–H and O–H groups in total. The van der Waals surface area contributed by atoms with E-state index >= 15 is 0 Å². The number of nitrogens with one attached hydrogen (secondary N) is 1. The zero-order valence-corrected chi connectivity index (χ0v) is 11.6. The van der Waals surface area contributed by atoms with Gasteiger partial charge in [-0.3, -0.25) is 0 Å². The first-order valence-electron chi connectivity index (χ1n) is 6.24. The molecule has 20 heavy (non-hydrogen) atoms. The summed E-state index contributed by atoms with van der Waals surface area (Å²) in [4.78, 5) is 0. The number of benzene rings is 1. The molecule has 0 atom stereocenters. The predicted octanol–water partition coefficient (Wildman–Crippen LogP) is 1.56. The molecule has 1 aromatic carbocycles. The molecule has 0 aliphatic carbocycles. The maximum absolute atomic E-state index is 5.48. The van der Waals surface area contributed by atoms with Gasteiger partial charge >= 0.3 is 0 Å². The van der Waals surface area contributed by atoms with Crippen LogP contribution in [0.1, 0.15) is 11.3 Å². The van der Waals surface area contributed by atoms with Crippen LogP contribution in [0.4, 0.5) is 5.82 Å². The largest absolute Gasteiger partial charge is 0.497 e. The van der Waals surface area contributed by atoms with Gasteiger partial charge in [0.05, 0.1) is 19.9 Å². The van der Waals surface area contributed by atoms with Crippen molar-refractivity contribution in [3.63, 3.8) is 0 Å². The number of ether oxygens (including phenoxy) is 2. The Morgan fingerprint density at radius 3 is 2.55 bits per heavy atom. The number of aromatic nitrogens is 2. The molecule has 106 valence electrons. The highest BCUT2D eigenvalue weighted by Gasteiger charge is 2.05. The first-order chi connectivity index (χ1) is 9.76. The average Bonchev–Trinajstić information content (AvgIpc) is 2.53. The number of rotatable bonds is 6. The van der Waals surface area contributed by atoms with Crippen LogP contribution in [0.15, 0.2) is 30.3 Å². The Bertz CT molecular complexity index is 558. The standard InChI is InChI=1S/C14H18N4O2/c1-19-12-5-3-10(13(7-12)20-2)9-16-14-6-4-11(8-15)17-18-14/h3-7H,8-9,15H2,1-2H3,(H,16,18). The van der Waals surface area contributed by atoms with E-state index in [9.17, 15) is 0 Å². The lowest BCUT2D eigenvalue weighted by molar-refractivity contribution is 0.391. The summed E-state index contributed by atoms with van der Waals surface area (Å²) < 4.78 is 10.5. The summed E-state index contributed by atoms with van der Waals surface area (Å²) in [6.45, 7) is 0.976. The van der Waals surface area contributed by atoms with Crippen molar-refractivity contribution in [1.29, 1.82) is 0 Å². The van der Waals surface area contributed by atoms with Crippen LogP contribution >= 0.6 is 0 Å². The lowest BCUT2D eigenvalue weighted by Gasteiger charge is -2.11. The molecule has 0 amide bonds. The number of hydrogen-bond acceptors (Lipinski definition) is 6. The second-order valence-electron chi connectivity index (χ2n) is 4.15. The molecule has 6 nitrogen and oxygen atoms in total. The molecule has 2 aromatic rings. The number of methoxy groups -OCH3 is 2. The summed E-state index contributed by atoms with van der Waals surface area (Å²) in [5.74, 6) is 2.22. The van der Waals surface area contributed by atoms with Gasteiger partial charge in [-0.15, -0.1) is 5.10 Å². The SMILES string of the molecule is COc1ccc(CNc2ccc(CN)nn2)c(OC)c1. The topological polar surface area (TPSA) is 82.3 Å². The van der Waals surface area contributed by atoms with Crippen LogP contribution in [0.2, 0.25) is 0 Å². The monoisotopic (exact) mass is 274 g/mol. The number of nitrogens with zero attached hydrogens (tertiary/aromatic N) is 2. The second-order valence-corrected chi connectivity index (χ2v) is 4.15. The van der Waals surface area contributed by atoms with Crippen LogP contribution < -0.4 is 20.5 Å². The van der Waals surface area contributed by atoms with E-state index in [0.29, 0.717) is 18.9 Å². The maximum atomic E-state index is 5.48. The molecule has 0 saturated heterocycles. The quantitative estimate of drug-likeness (QED) is 0.832. The van der Waals surface area contributed by atoms with Crippen LogP contribution in [-0.4, -0.2) is 24.4 Å². The molecule has 0 spiro atoms. The van der Waals surface area contributed by atoms with Gasteiger partial charge in [0.1, 0.15) is 17.3 Å². The molecule has 0 unspecified atom stereocenters. The van der Waals surface area contributed by atoms with E-state index in [2.05, 4.69) is 15.5 Å². The molecule has 0 aliphatic heterocycles. The molecule has 1 heterocycles. The minimum absolute atomic E-state index is 0.388. The number of anilines is 1. The van der Waals surface area contributed by atoms with Crippen molar-refractivity contribution in [2.75, 3.05) is 19.5 Å².